The fourth-order valence-corrected chi connectivity index (χ4v) is 3.73. The van der Waals surface area contributed by atoms with E-state index in [0.29, 0.717) is 10.9 Å². The SMILES string of the molecule is Cc1ccc(CN2CCC(c3cn(-c4cccc(Cl)c4)nn3)CC2)cc1. The Balaban J connectivity index is 1.37. The van der Waals surface area contributed by atoms with E-state index in [9.17, 15) is 0 Å². The van der Waals surface area contributed by atoms with Gasteiger partial charge < -0.3 is 0 Å². The van der Waals surface area contributed by atoms with Crippen LogP contribution in [-0.2, 0) is 6.54 Å². The summed E-state index contributed by atoms with van der Waals surface area (Å²) in [5.41, 5.74) is 4.74. The molecule has 3 aromatic rings. The lowest BCUT2D eigenvalue weighted by Gasteiger charge is -2.31. The molecule has 0 atom stereocenters. The summed E-state index contributed by atoms with van der Waals surface area (Å²) in [6.45, 7) is 5.36. The minimum absolute atomic E-state index is 0.484. The Morgan fingerprint density at radius 2 is 1.85 bits per heavy atom. The molecule has 134 valence electrons. The van der Waals surface area contributed by atoms with E-state index >= 15 is 0 Å². The van der Waals surface area contributed by atoms with E-state index in [0.717, 1.165) is 43.9 Å². The fraction of sp³-hybridized carbons (Fsp3) is 0.333. The van der Waals surface area contributed by atoms with Gasteiger partial charge in [-0.3, -0.25) is 4.90 Å². The molecule has 2 aromatic carbocycles. The van der Waals surface area contributed by atoms with Crippen LogP contribution in [0.3, 0.4) is 0 Å². The molecule has 0 bridgehead atoms. The Hall–Kier alpha value is -2.17. The molecular formula is C21H23ClN4. The second-order valence-corrected chi connectivity index (χ2v) is 7.54. The highest BCUT2D eigenvalue weighted by Crippen LogP contribution is 2.27. The van der Waals surface area contributed by atoms with Crippen molar-refractivity contribution in [3.8, 4) is 5.69 Å². The predicted molar refractivity (Wildman–Crippen MR) is 105 cm³/mol. The minimum Gasteiger partial charge on any atom is -0.299 e. The summed E-state index contributed by atoms with van der Waals surface area (Å²) in [5.74, 6) is 0.484. The zero-order chi connectivity index (χ0) is 17.9. The molecule has 0 N–H and O–H groups in total. The van der Waals surface area contributed by atoms with Crippen molar-refractivity contribution in [2.24, 2.45) is 0 Å². The Morgan fingerprint density at radius 3 is 2.58 bits per heavy atom. The molecule has 0 radical (unpaired) electrons. The van der Waals surface area contributed by atoms with Crippen LogP contribution in [-0.4, -0.2) is 33.0 Å². The van der Waals surface area contributed by atoms with Crippen molar-refractivity contribution >= 4 is 11.6 Å². The summed E-state index contributed by atoms with van der Waals surface area (Å²) in [6.07, 6.45) is 4.30. The molecule has 4 nitrogen and oxygen atoms in total. The number of hydrogen-bond donors (Lipinski definition) is 0. The van der Waals surface area contributed by atoms with Crippen LogP contribution in [0.2, 0.25) is 5.02 Å². The average molecular weight is 367 g/mol. The lowest BCUT2D eigenvalue weighted by Crippen LogP contribution is -2.32. The Morgan fingerprint density at radius 1 is 1.08 bits per heavy atom. The molecule has 1 saturated heterocycles. The molecule has 2 heterocycles. The molecule has 1 aromatic heterocycles. The van der Waals surface area contributed by atoms with Gasteiger partial charge in [0.05, 0.1) is 17.6 Å². The third kappa shape index (κ3) is 3.97. The second kappa shape index (κ2) is 7.60. The molecule has 0 amide bonds. The molecule has 4 rings (SSSR count). The first kappa shape index (κ1) is 17.3. The van der Waals surface area contributed by atoms with Crippen LogP contribution in [0.15, 0.2) is 54.7 Å². The van der Waals surface area contributed by atoms with E-state index in [-0.39, 0.29) is 0 Å². The smallest absolute Gasteiger partial charge is 0.0863 e. The summed E-state index contributed by atoms with van der Waals surface area (Å²) < 4.78 is 1.82. The lowest BCUT2D eigenvalue weighted by atomic mass is 9.94. The fourth-order valence-electron chi connectivity index (χ4n) is 3.55. The Bertz CT molecular complexity index is 864. The summed E-state index contributed by atoms with van der Waals surface area (Å²) >= 11 is 6.07. The largest absolute Gasteiger partial charge is 0.299 e. The van der Waals surface area contributed by atoms with Gasteiger partial charge in [-0.2, -0.15) is 0 Å². The minimum atomic E-state index is 0.484. The van der Waals surface area contributed by atoms with Gasteiger partial charge >= 0.3 is 0 Å². The summed E-state index contributed by atoms with van der Waals surface area (Å²) in [4.78, 5) is 2.53. The van der Waals surface area contributed by atoms with Gasteiger partial charge in [-0.05, 0) is 56.6 Å². The standard InChI is InChI=1S/C21H23ClN4/c1-16-5-7-17(8-6-16)14-25-11-9-18(10-12-25)21-15-26(24-23-21)20-4-2-3-19(22)13-20/h2-8,13,15,18H,9-12,14H2,1H3. The molecule has 1 aliphatic rings. The van der Waals surface area contributed by atoms with Gasteiger partial charge in [0.2, 0.25) is 0 Å². The zero-order valence-corrected chi connectivity index (χ0v) is 15.7. The molecule has 1 aliphatic heterocycles. The number of halogens is 1. The normalized spacial score (nSPS) is 16.1. The quantitative estimate of drug-likeness (QED) is 0.676. The first-order valence-electron chi connectivity index (χ1n) is 9.13. The molecule has 26 heavy (non-hydrogen) atoms. The van der Waals surface area contributed by atoms with Crippen molar-refractivity contribution in [2.45, 2.75) is 32.2 Å². The van der Waals surface area contributed by atoms with Gasteiger partial charge in [0.25, 0.3) is 0 Å². The molecule has 1 fully saturated rings. The molecule has 5 heteroatoms. The first-order chi connectivity index (χ1) is 12.7. The van der Waals surface area contributed by atoms with Crippen molar-refractivity contribution in [3.63, 3.8) is 0 Å². The lowest BCUT2D eigenvalue weighted by molar-refractivity contribution is 0.203. The predicted octanol–water partition coefficient (Wildman–Crippen LogP) is 4.61. The third-order valence-electron chi connectivity index (χ3n) is 5.12. The highest BCUT2D eigenvalue weighted by molar-refractivity contribution is 6.30. The van der Waals surface area contributed by atoms with Gasteiger partial charge in [0, 0.05) is 17.5 Å². The maximum Gasteiger partial charge on any atom is 0.0863 e. The number of aryl methyl sites for hydroxylation is 1. The summed E-state index contributed by atoms with van der Waals surface area (Å²) in [5, 5.41) is 9.42. The number of hydrogen-bond acceptors (Lipinski definition) is 3. The van der Waals surface area contributed by atoms with E-state index in [2.05, 4.69) is 46.4 Å². The van der Waals surface area contributed by atoms with Crippen LogP contribution in [0.5, 0.6) is 0 Å². The van der Waals surface area contributed by atoms with Crippen molar-refractivity contribution in [3.05, 3.63) is 76.6 Å². The van der Waals surface area contributed by atoms with E-state index in [1.54, 1.807) is 0 Å². The van der Waals surface area contributed by atoms with Crippen LogP contribution in [0.4, 0.5) is 0 Å². The Labute approximate surface area is 159 Å². The highest BCUT2D eigenvalue weighted by atomic mass is 35.5. The molecule has 0 saturated carbocycles. The van der Waals surface area contributed by atoms with Crippen LogP contribution in [0.25, 0.3) is 5.69 Å². The topological polar surface area (TPSA) is 34.0 Å². The molecule has 0 unspecified atom stereocenters. The molecule has 0 aliphatic carbocycles. The number of likely N-dealkylation sites (tertiary alicyclic amines) is 1. The van der Waals surface area contributed by atoms with Crippen molar-refractivity contribution < 1.29 is 0 Å². The molecular weight excluding hydrogens is 344 g/mol. The monoisotopic (exact) mass is 366 g/mol. The van der Waals surface area contributed by atoms with Gasteiger partial charge in [-0.15, -0.1) is 5.10 Å². The number of piperidine rings is 1. The van der Waals surface area contributed by atoms with Gasteiger partial charge in [-0.1, -0.05) is 52.7 Å². The van der Waals surface area contributed by atoms with Gasteiger partial charge in [-0.25, -0.2) is 4.68 Å². The number of rotatable bonds is 4. The van der Waals surface area contributed by atoms with E-state index in [1.807, 2.05) is 35.1 Å². The van der Waals surface area contributed by atoms with Crippen LogP contribution in [0, 0.1) is 6.92 Å². The molecule has 0 spiro atoms. The zero-order valence-electron chi connectivity index (χ0n) is 15.0. The van der Waals surface area contributed by atoms with Gasteiger partial charge in [0.1, 0.15) is 0 Å². The summed E-state index contributed by atoms with van der Waals surface area (Å²) in [7, 11) is 0. The average Bonchev–Trinajstić information content (AvgIpc) is 3.14. The Kier molecular flexibility index (Phi) is 5.05. The van der Waals surface area contributed by atoms with E-state index < -0.39 is 0 Å². The number of benzene rings is 2. The maximum atomic E-state index is 6.07. The van der Waals surface area contributed by atoms with Crippen LogP contribution in [0.1, 0.15) is 35.6 Å². The maximum absolute atomic E-state index is 6.07. The van der Waals surface area contributed by atoms with Crippen molar-refractivity contribution in [1.29, 1.82) is 0 Å². The van der Waals surface area contributed by atoms with Crippen molar-refractivity contribution in [2.75, 3.05) is 13.1 Å². The van der Waals surface area contributed by atoms with Crippen LogP contribution < -0.4 is 0 Å². The second-order valence-electron chi connectivity index (χ2n) is 7.10. The van der Waals surface area contributed by atoms with Gasteiger partial charge in [0.15, 0.2) is 0 Å². The van der Waals surface area contributed by atoms with Crippen LogP contribution >= 0.6 is 11.6 Å². The summed E-state index contributed by atoms with van der Waals surface area (Å²) in [6, 6.07) is 16.6. The number of nitrogens with zero attached hydrogens (tertiary/aromatic N) is 4. The van der Waals surface area contributed by atoms with E-state index in [4.69, 9.17) is 11.6 Å². The highest BCUT2D eigenvalue weighted by Gasteiger charge is 2.23. The van der Waals surface area contributed by atoms with E-state index in [1.165, 1.54) is 11.1 Å². The van der Waals surface area contributed by atoms with Crippen molar-refractivity contribution in [1.82, 2.24) is 19.9 Å². The first-order valence-corrected chi connectivity index (χ1v) is 9.51. The number of aromatic nitrogens is 3. The third-order valence-corrected chi connectivity index (χ3v) is 5.35.